The van der Waals surface area contributed by atoms with Gasteiger partial charge in [-0.05, 0) is 75.7 Å². The smallest absolute Gasteiger partial charge is 0.146 e. The molecule has 0 unspecified atom stereocenters. The van der Waals surface area contributed by atoms with Crippen molar-refractivity contribution >= 4 is 34.8 Å². The lowest BCUT2D eigenvalue weighted by Crippen LogP contribution is -2.44. The summed E-state index contributed by atoms with van der Waals surface area (Å²) in [5, 5.41) is 0.577. The summed E-state index contributed by atoms with van der Waals surface area (Å²) >= 11 is 6.18. The summed E-state index contributed by atoms with van der Waals surface area (Å²) in [7, 11) is 1.70. The van der Waals surface area contributed by atoms with Crippen LogP contribution >= 0.6 is 11.6 Å². The van der Waals surface area contributed by atoms with Gasteiger partial charge in [0.1, 0.15) is 17.2 Å². The molecule has 5 heteroatoms. The van der Waals surface area contributed by atoms with Gasteiger partial charge < -0.3 is 14.4 Å². The van der Waals surface area contributed by atoms with E-state index in [1.54, 1.807) is 13.2 Å². The minimum absolute atomic E-state index is 0.0414. The van der Waals surface area contributed by atoms with Gasteiger partial charge in [0, 0.05) is 35.6 Å². The van der Waals surface area contributed by atoms with Crippen LogP contribution in [-0.2, 0) is 0 Å². The summed E-state index contributed by atoms with van der Waals surface area (Å²) in [5.74, 6) is 2.14. The Morgan fingerprint density at radius 1 is 1.03 bits per heavy atom. The molecule has 0 aromatic heterocycles. The van der Waals surface area contributed by atoms with E-state index in [2.05, 4.69) is 55.8 Å². The standard InChI is InChI=1S/C28H29ClN2O2/c1-6-31-25-16-27(32-5)20(15-23(25)19(2)17-28(31,3)4)18-30-21-11-13-22(14-12-21)33-26-10-8-7-9-24(26)29/h7-18H,6H2,1-5H3. The van der Waals surface area contributed by atoms with Crippen molar-refractivity contribution in [2.24, 2.45) is 4.99 Å². The number of allylic oxidation sites excluding steroid dienone is 1. The van der Waals surface area contributed by atoms with E-state index in [0.717, 1.165) is 23.5 Å². The molecule has 33 heavy (non-hydrogen) atoms. The molecule has 0 saturated carbocycles. The molecule has 0 spiro atoms. The number of halogens is 1. The van der Waals surface area contributed by atoms with E-state index in [-0.39, 0.29) is 5.54 Å². The van der Waals surface area contributed by atoms with Gasteiger partial charge in [-0.3, -0.25) is 4.99 Å². The summed E-state index contributed by atoms with van der Waals surface area (Å²) < 4.78 is 11.6. The number of benzene rings is 3. The van der Waals surface area contributed by atoms with Gasteiger partial charge in [0.25, 0.3) is 0 Å². The third-order valence-corrected chi connectivity index (χ3v) is 6.21. The number of likely N-dealkylation sites (N-methyl/N-ethyl adjacent to an activating group) is 1. The van der Waals surface area contributed by atoms with Crippen molar-refractivity contribution in [3.63, 3.8) is 0 Å². The monoisotopic (exact) mass is 460 g/mol. The third-order valence-electron chi connectivity index (χ3n) is 5.90. The molecule has 0 N–H and O–H groups in total. The maximum Gasteiger partial charge on any atom is 0.146 e. The van der Waals surface area contributed by atoms with Crippen LogP contribution in [0.2, 0.25) is 5.02 Å². The Morgan fingerprint density at radius 3 is 2.42 bits per heavy atom. The molecule has 0 radical (unpaired) electrons. The molecular formula is C28H29ClN2O2. The first-order chi connectivity index (χ1) is 15.8. The molecule has 3 aromatic rings. The number of hydrogen-bond acceptors (Lipinski definition) is 4. The van der Waals surface area contributed by atoms with Gasteiger partial charge in [-0.25, -0.2) is 0 Å². The van der Waals surface area contributed by atoms with Gasteiger partial charge >= 0.3 is 0 Å². The number of methoxy groups -OCH3 is 1. The highest BCUT2D eigenvalue weighted by atomic mass is 35.5. The Hall–Kier alpha value is -3.24. The predicted molar refractivity (Wildman–Crippen MR) is 139 cm³/mol. The maximum absolute atomic E-state index is 6.18. The first-order valence-electron chi connectivity index (χ1n) is 11.1. The summed E-state index contributed by atoms with van der Waals surface area (Å²) in [6.07, 6.45) is 4.18. The zero-order valence-corrected chi connectivity index (χ0v) is 20.5. The Bertz CT molecular complexity index is 1210. The SMILES string of the molecule is CCN1c2cc(OC)c(C=Nc3ccc(Oc4ccccc4Cl)cc3)cc2C(C)=CC1(C)C. The van der Waals surface area contributed by atoms with E-state index in [9.17, 15) is 0 Å². The van der Waals surface area contributed by atoms with Crippen molar-refractivity contribution in [3.05, 3.63) is 82.9 Å². The first-order valence-corrected chi connectivity index (χ1v) is 11.5. The molecule has 170 valence electrons. The molecule has 0 fully saturated rings. The predicted octanol–water partition coefficient (Wildman–Crippen LogP) is 7.91. The minimum atomic E-state index is -0.0414. The van der Waals surface area contributed by atoms with E-state index in [4.69, 9.17) is 21.1 Å². The quantitative estimate of drug-likeness (QED) is 0.350. The fourth-order valence-corrected chi connectivity index (χ4v) is 4.55. The van der Waals surface area contributed by atoms with Crippen molar-refractivity contribution in [3.8, 4) is 17.2 Å². The molecule has 0 amide bonds. The van der Waals surface area contributed by atoms with Gasteiger partial charge in [-0.1, -0.05) is 29.8 Å². The number of rotatable bonds is 6. The first kappa shape index (κ1) is 22.9. The molecule has 3 aromatic carbocycles. The van der Waals surface area contributed by atoms with Crippen LogP contribution in [0.15, 0.2) is 71.7 Å². The Labute approximate surface area is 201 Å². The van der Waals surface area contributed by atoms with Gasteiger partial charge in [-0.2, -0.15) is 0 Å². The van der Waals surface area contributed by atoms with Gasteiger partial charge in [0.2, 0.25) is 0 Å². The highest BCUT2D eigenvalue weighted by Crippen LogP contribution is 2.41. The summed E-state index contributed by atoms with van der Waals surface area (Å²) in [6.45, 7) is 9.75. The van der Waals surface area contributed by atoms with Crippen molar-refractivity contribution in [1.29, 1.82) is 0 Å². The number of aliphatic imine (C=N–C) groups is 1. The highest BCUT2D eigenvalue weighted by molar-refractivity contribution is 6.32. The number of anilines is 1. The van der Waals surface area contributed by atoms with Gasteiger partial charge in [-0.15, -0.1) is 0 Å². The van der Waals surface area contributed by atoms with Crippen molar-refractivity contribution in [2.45, 2.75) is 33.2 Å². The number of fused-ring (bicyclic) bond motifs is 1. The fourth-order valence-electron chi connectivity index (χ4n) is 4.38. The van der Waals surface area contributed by atoms with Crippen molar-refractivity contribution in [1.82, 2.24) is 0 Å². The topological polar surface area (TPSA) is 34.1 Å². The van der Waals surface area contributed by atoms with Crippen molar-refractivity contribution < 1.29 is 9.47 Å². The normalized spacial score (nSPS) is 14.7. The molecule has 1 heterocycles. The van der Waals surface area contributed by atoms with Crippen LogP contribution in [0.3, 0.4) is 0 Å². The van der Waals surface area contributed by atoms with Gasteiger partial charge in [0.15, 0.2) is 0 Å². The van der Waals surface area contributed by atoms with Crippen LogP contribution in [0.25, 0.3) is 5.57 Å². The zero-order chi connectivity index (χ0) is 23.6. The molecule has 0 atom stereocenters. The van der Waals surface area contributed by atoms with E-state index < -0.39 is 0 Å². The molecule has 4 rings (SSSR count). The Kier molecular flexibility index (Phi) is 6.48. The molecule has 1 aliphatic rings. The lowest BCUT2D eigenvalue weighted by Gasteiger charge is -2.43. The maximum atomic E-state index is 6.18. The molecule has 1 aliphatic heterocycles. The highest BCUT2D eigenvalue weighted by Gasteiger charge is 2.31. The molecular weight excluding hydrogens is 432 g/mol. The largest absolute Gasteiger partial charge is 0.496 e. The summed E-state index contributed by atoms with van der Waals surface area (Å²) in [4.78, 5) is 7.07. The van der Waals surface area contributed by atoms with Crippen LogP contribution in [0.4, 0.5) is 11.4 Å². The third kappa shape index (κ3) is 4.76. The second-order valence-electron chi connectivity index (χ2n) is 8.62. The molecule has 0 saturated heterocycles. The molecule has 0 bridgehead atoms. The van der Waals surface area contributed by atoms with Crippen LogP contribution in [0, 0.1) is 0 Å². The van der Waals surface area contributed by atoms with E-state index in [1.165, 1.54) is 16.8 Å². The van der Waals surface area contributed by atoms with Crippen LogP contribution in [0.1, 0.15) is 38.8 Å². The molecule has 0 aliphatic carbocycles. The van der Waals surface area contributed by atoms with E-state index >= 15 is 0 Å². The van der Waals surface area contributed by atoms with Crippen LogP contribution < -0.4 is 14.4 Å². The summed E-state index contributed by atoms with van der Waals surface area (Å²) in [6, 6.07) is 19.3. The number of ether oxygens (including phenoxy) is 2. The second kappa shape index (κ2) is 9.32. The number of hydrogen-bond donors (Lipinski definition) is 0. The number of nitrogens with zero attached hydrogens (tertiary/aromatic N) is 2. The fraction of sp³-hybridized carbons (Fsp3) is 0.250. The lowest BCUT2D eigenvalue weighted by molar-refractivity contribution is 0.413. The zero-order valence-electron chi connectivity index (χ0n) is 19.7. The van der Waals surface area contributed by atoms with Crippen molar-refractivity contribution in [2.75, 3.05) is 18.6 Å². The van der Waals surface area contributed by atoms with Crippen LogP contribution in [0.5, 0.6) is 17.2 Å². The van der Waals surface area contributed by atoms with Gasteiger partial charge in [0.05, 0.1) is 23.4 Å². The van der Waals surface area contributed by atoms with E-state index in [0.29, 0.717) is 16.5 Å². The summed E-state index contributed by atoms with van der Waals surface area (Å²) in [5.41, 5.74) is 5.39. The lowest BCUT2D eigenvalue weighted by atomic mass is 9.88. The Morgan fingerprint density at radius 2 is 1.76 bits per heavy atom. The average Bonchev–Trinajstić information content (AvgIpc) is 2.79. The Balaban J connectivity index is 1.60. The average molecular weight is 461 g/mol. The number of para-hydroxylation sites is 1. The second-order valence-corrected chi connectivity index (χ2v) is 9.03. The van der Waals surface area contributed by atoms with Crippen LogP contribution in [-0.4, -0.2) is 25.4 Å². The minimum Gasteiger partial charge on any atom is -0.496 e. The molecule has 4 nitrogen and oxygen atoms in total. The van der Waals surface area contributed by atoms with E-state index in [1.807, 2.05) is 48.7 Å².